The summed E-state index contributed by atoms with van der Waals surface area (Å²) in [4.78, 5) is 22.6. The number of fused-ring (bicyclic) bond motifs is 1. The average molecular weight is 346 g/mol. The van der Waals surface area contributed by atoms with Gasteiger partial charge in [-0.15, -0.1) is 0 Å². The highest BCUT2D eigenvalue weighted by atomic mass is 16.4. The lowest BCUT2D eigenvalue weighted by Crippen LogP contribution is -2.05. The number of carbonyl (C=O) groups is 1. The van der Waals surface area contributed by atoms with Gasteiger partial charge in [0, 0.05) is 18.7 Å². The molecule has 25 heavy (non-hydrogen) atoms. The molecule has 0 radical (unpaired) electrons. The van der Waals surface area contributed by atoms with Crippen molar-refractivity contribution < 1.29 is 9.90 Å². The number of nitrogens with zero attached hydrogens (tertiary/aromatic N) is 2. The molecule has 6 heteroatoms. The summed E-state index contributed by atoms with van der Waals surface area (Å²) in [6.07, 6.45) is 9.33. The molecule has 0 saturated carbocycles. The predicted octanol–water partition coefficient (Wildman–Crippen LogP) is 4.58. The Kier molecular flexibility index (Phi) is 7.70. The van der Waals surface area contributed by atoms with Gasteiger partial charge in [0.1, 0.15) is 17.3 Å². The summed E-state index contributed by atoms with van der Waals surface area (Å²) < 4.78 is 0. The maximum absolute atomic E-state index is 10.4. The Hall–Kier alpha value is -2.11. The van der Waals surface area contributed by atoms with Crippen molar-refractivity contribution in [2.75, 3.05) is 11.9 Å². The quantitative estimate of drug-likeness (QED) is 0.489. The van der Waals surface area contributed by atoms with Crippen molar-refractivity contribution in [3.63, 3.8) is 0 Å². The Labute approximate surface area is 149 Å². The van der Waals surface area contributed by atoms with Gasteiger partial charge in [0.15, 0.2) is 0 Å². The number of unbranched alkanes of at least 4 members (excludes halogenated alkanes) is 7. The molecule has 138 valence electrons. The lowest BCUT2D eigenvalue weighted by Gasteiger charge is -2.07. The molecule has 3 N–H and O–H groups in total. The van der Waals surface area contributed by atoms with Gasteiger partial charge in [-0.05, 0) is 32.8 Å². The minimum Gasteiger partial charge on any atom is -0.481 e. The third-order valence-corrected chi connectivity index (χ3v) is 4.34. The summed E-state index contributed by atoms with van der Waals surface area (Å²) in [5, 5.41) is 13.1. The van der Waals surface area contributed by atoms with Crippen molar-refractivity contribution in [2.24, 2.45) is 0 Å². The van der Waals surface area contributed by atoms with Gasteiger partial charge in [0.05, 0.1) is 5.39 Å². The van der Waals surface area contributed by atoms with Gasteiger partial charge in [0.2, 0.25) is 0 Å². The summed E-state index contributed by atoms with van der Waals surface area (Å²) in [7, 11) is 0. The summed E-state index contributed by atoms with van der Waals surface area (Å²) in [6.45, 7) is 4.87. The van der Waals surface area contributed by atoms with Gasteiger partial charge in [-0.2, -0.15) is 0 Å². The Bertz CT molecular complexity index is 681. The van der Waals surface area contributed by atoms with Crippen LogP contribution < -0.4 is 5.32 Å². The fourth-order valence-corrected chi connectivity index (χ4v) is 3.06. The molecule has 0 amide bonds. The van der Waals surface area contributed by atoms with E-state index in [9.17, 15) is 4.79 Å². The van der Waals surface area contributed by atoms with Crippen molar-refractivity contribution in [1.82, 2.24) is 15.0 Å². The van der Waals surface area contributed by atoms with E-state index in [-0.39, 0.29) is 0 Å². The zero-order valence-corrected chi connectivity index (χ0v) is 15.4. The topological polar surface area (TPSA) is 90.9 Å². The standard InChI is InChI=1S/C19H30N4O2/c1-14-13-16-18(22-15(2)23-19(16)21-14)20-12-10-8-6-4-3-5-7-9-11-17(24)25/h13H,3-12H2,1-2H3,(H,24,25)(H2,20,21,22,23). The van der Waals surface area contributed by atoms with E-state index in [1.165, 1.54) is 25.7 Å². The highest BCUT2D eigenvalue weighted by molar-refractivity contribution is 5.87. The maximum Gasteiger partial charge on any atom is 0.303 e. The van der Waals surface area contributed by atoms with Crippen LogP contribution >= 0.6 is 0 Å². The van der Waals surface area contributed by atoms with E-state index in [0.717, 1.165) is 60.6 Å². The van der Waals surface area contributed by atoms with Crippen LogP contribution in [0.25, 0.3) is 11.0 Å². The van der Waals surface area contributed by atoms with E-state index in [1.807, 2.05) is 13.8 Å². The monoisotopic (exact) mass is 346 g/mol. The number of aromatic amines is 1. The van der Waals surface area contributed by atoms with Gasteiger partial charge in [-0.3, -0.25) is 4.79 Å². The fraction of sp³-hybridized carbons (Fsp3) is 0.632. The van der Waals surface area contributed by atoms with Crippen LogP contribution in [0.1, 0.15) is 69.3 Å². The largest absolute Gasteiger partial charge is 0.481 e. The lowest BCUT2D eigenvalue weighted by atomic mass is 10.1. The van der Waals surface area contributed by atoms with Gasteiger partial charge < -0.3 is 15.4 Å². The molecule has 2 aromatic rings. The van der Waals surface area contributed by atoms with E-state index in [4.69, 9.17) is 5.11 Å². The van der Waals surface area contributed by atoms with Crippen LogP contribution in [-0.4, -0.2) is 32.6 Å². The number of H-pyrrole nitrogens is 1. The van der Waals surface area contributed by atoms with Crippen molar-refractivity contribution in [1.29, 1.82) is 0 Å². The summed E-state index contributed by atoms with van der Waals surface area (Å²) in [6, 6.07) is 2.08. The Balaban J connectivity index is 1.57. The first-order valence-corrected chi connectivity index (χ1v) is 9.36. The third-order valence-electron chi connectivity index (χ3n) is 4.34. The SMILES string of the molecule is Cc1nc(NCCCCCCCCCCC(=O)O)c2cc(C)[nH]c2n1. The molecule has 0 atom stereocenters. The first-order valence-electron chi connectivity index (χ1n) is 9.36. The van der Waals surface area contributed by atoms with Gasteiger partial charge in [0.25, 0.3) is 0 Å². The second-order valence-corrected chi connectivity index (χ2v) is 6.73. The second kappa shape index (κ2) is 10.0. The molecule has 0 saturated heterocycles. The number of nitrogens with one attached hydrogen (secondary N) is 2. The molecule has 0 aliphatic rings. The van der Waals surface area contributed by atoms with E-state index >= 15 is 0 Å². The zero-order chi connectivity index (χ0) is 18.1. The van der Waals surface area contributed by atoms with Crippen LogP contribution in [0.15, 0.2) is 6.07 Å². The minimum atomic E-state index is -0.682. The van der Waals surface area contributed by atoms with Crippen molar-refractivity contribution in [3.05, 3.63) is 17.6 Å². The number of anilines is 1. The number of aromatic nitrogens is 3. The molecule has 6 nitrogen and oxygen atoms in total. The van der Waals surface area contributed by atoms with Crippen LogP contribution in [-0.2, 0) is 4.79 Å². The zero-order valence-electron chi connectivity index (χ0n) is 15.4. The smallest absolute Gasteiger partial charge is 0.303 e. The van der Waals surface area contributed by atoms with E-state index in [1.54, 1.807) is 0 Å². The molecule has 0 unspecified atom stereocenters. The molecule has 2 rings (SSSR count). The maximum atomic E-state index is 10.4. The molecule has 0 aromatic carbocycles. The summed E-state index contributed by atoms with van der Waals surface area (Å²) in [5.74, 6) is 1.02. The van der Waals surface area contributed by atoms with E-state index < -0.39 is 5.97 Å². The molecule has 0 bridgehead atoms. The van der Waals surface area contributed by atoms with Crippen molar-refractivity contribution >= 4 is 22.8 Å². The molecule has 2 aromatic heterocycles. The normalized spacial score (nSPS) is 11.1. The fourth-order valence-electron chi connectivity index (χ4n) is 3.06. The highest BCUT2D eigenvalue weighted by Crippen LogP contribution is 2.21. The number of carboxylic acids is 1. The van der Waals surface area contributed by atoms with Crippen molar-refractivity contribution in [3.8, 4) is 0 Å². The Morgan fingerprint density at radius 2 is 1.68 bits per heavy atom. The number of aliphatic carboxylic acids is 1. The van der Waals surface area contributed by atoms with E-state index in [0.29, 0.717) is 6.42 Å². The van der Waals surface area contributed by atoms with Gasteiger partial charge in [-0.25, -0.2) is 9.97 Å². The lowest BCUT2D eigenvalue weighted by molar-refractivity contribution is -0.137. The summed E-state index contributed by atoms with van der Waals surface area (Å²) in [5.41, 5.74) is 2.00. The van der Waals surface area contributed by atoms with Crippen LogP contribution in [0.4, 0.5) is 5.82 Å². The molecule has 0 aliphatic heterocycles. The van der Waals surface area contributed by atoms with E-state index in [2.05, 4.69) is 26.3 Å². The van der Waals surface area contributed by atoms with Gasteiger partial charge in [-0.1, -0.05) is 38.5 Å². The van der Waals surface area contributed by atoms with Crippen molar-refractivity contribution in [2.45, 2.75) is 71.6 Å². The van der Waals surface area contributed by atoms with Crippen LogP contribution in [0.2, 0.25) is 0 Å². The number of hydrogen-bond donors (Lipinski definition) is 3. The summed E-state index contributed by atoms with van der Waals surface area (Å²) >= 11 is 0. The highest BCUT2D eigenvalue weighted by Gasteiger charge is 2.07. The van der Waals surface area contributed by atoms with Crippen LogP contribution in [0.3, 0.4) is 0 Å². The number of rotatable bonds is 12. The number of hydrogen-bond acceptors (Lipinski definition) is 4. The van der Waals surface area contributed by atoms with Crippen LogP contribution in [0, 0.1) is 13.8 Å². The molecular weight excluding hydrogens is 316 g/mol. The number of aryl methyl sites for hydroxylation is 2. The molecule has 2 heterocycles. The predicted molar refractivity (Wildman–Crippen MR) is 101 cm³/mol. The first-order chi connectivity index (χ1) is 12.1. The third kappa shape index (κ3) is 6.72. The second-order valence-electron chi connectivity index (χ2n) is 6.73. The molecule has 0 spiro atoms. The first kappa shape index (κ1) is 19.2. The minimum absolute atomic E-state index is 0.308. The molecule has 0 fully saturated rings. The number of carboxylic acid groups (broad SMARTS) is 1. The Morgan fingerprint density at radius 3 is 2.36 bits per heavy atom. The van der Waals surface area contributed by atoms with Crippen LogP contribution in [0.5, 0.6) is 0 Å². The van der Waals surface area contributed by atoms with Gasteiger partial charge >= 0.3 is 5.97 Å². The molecule has 0 aliphatic carbocycles. The molecular formula is C19H30N4O2. The average Bonchev–Trinajstić information content (AvgIpc) is 2.92. The Morgan fingerprint density at radius 1 is 1.04 bits per heavy atom.